The molecule has 31 heavy (non-hydrogen) atoms. The standard InChI is InChI=1S/C24H24O5S2/c1-31(27,28)29-18-22(17-23(25)26)30-24(19-11-5-2-6-12-19,20-13-7-3-8-14-20)21-15-9-4-10-16-21/h2-16,22H,17-18H2,1H3,(H,25,26). The third-order valence-electron chi connectivity index (χ3n) is 4.75. The molecule has 0 aliphatic heterocycles. The molecule has 0 spiro atoms. The average Bonchev–Trinajstić information content (AvgIpc) is 2.76. The van der Waals surface area contributed by atoms with Gasteiger partial charge in [0.1, 0.15) is 0 Å². The molecule has 162 valence electrons. The fourth-order valence-electron chi connectivity index (χ4n) is 3.50. The van der Waals surface area contributed by atoms with Crippen LogP contribution in [0.3, 0.4) is 0 Å². The molecule has 0 aliphatic carbocycles. The van der Waals surface area contributed by atoms with E-state index in [4.69, 9.17) is 4.18 Å². The summed E-state index contributed by atoms with van der Waals surface area (Å²) in [5, 5.41) is 8.89. The van der Waals surface area contributed by atoms with E-state index in [-0.39, 0.29) is 13.0 Å². The molecule has 3 rings (SSSR count). The Balaban J connectivity index is 2.19. The Morgan fingerprint density at radius 2 is 1.26 bits per heavy atom. The molecule has 3 aromatic rings. The Bertz CT molecular complexity index is 988. The van der Waals surface area contributed by atoms with Gasteiger partial charge in [0.2, 0.25) is 0 Å². The van der Waals surface area contributed by atoms with Crippen LogP contribution < -0.4 is 0 Å². The van der Waals surface area contributed by atoms with E-state index in [9.17, 15) is 18.3 Å². The van der Waals surface area contributed by atoms with Gasteiger partial charge in [0.05, 0.1) is 24.0 Å². The van der Waals surface area contributed by atoms with Crippen LogP contribution in [0.4, 0.5) is 0 Å². The summed E-state index contributed by atoms with van der Waals surface area (Å²) in [6.07, 6.45) is 0.725. The summed E-state index contributed by atoms with van der Waals surface area (Å²) in [7, 11) is -3.71. The number of aliphatic carboxylic acids is 1. The predicted octanol–water partition coefficient (Wildman–Crippen LogP) is 4.53. The number of benzene rings is 3. The Kier molecular flexibility index (Phi) is 7.54. The lowest BCUT2D eigenvalue weighted by molar-refractivity contribution is -0.137. The van der Waals surface area contributed by atoms with Gasteiger partial charge in [-0.2, -0.15) is 8.42 Å². The smallest absolute Gasteiger partial charge is 0.304 e. The molecular formula is C24H24O5S2. The van der Waals surface area contributed by atoms with E-state index in [0.29, 0.717) is 0 Å². The third-order valence-corrected chi connectivity index (χ3v) is 7.02. The van der Waals surface area contributed by atoms with Crippen molar-refractivity contribution in [3.8, 4) is 0 Å². The van der Waals surface area contributed by atoms with E-state index in [0.717, 1.165) is 22.9 Å². The quantitative estimate of drug-likeness (QED) is 0.357. The first-order valence-corrected chi connectivity index (χ1v) is 12.4. The molecule has 0 saturated carbocycles. The lowest BCUT2D eigenvalue weighted by Gasteiger charge is -2.38. The monoisotopic (exact) mass is 456 g/mol. The summed E-state index contributed by atoms with van der Waals surface area (Å²) in [4.78, 5) is 11.6. The maximum absolute atomic E-state index is 11.6. The van der Waals surface area contributed by atoms with E-state index in [2.05, 4.69) is 0 Å². The van der Waals surface area contributed by atoms with Crippen molar-refractivity contribution in [2.45, 2.75) is 16.4 Å². The molecule has 5 nitrogen and oxygen atoms in total. The zero-order chi connectivity index (χ0) is 22.3. The summed E-state index contributed by atoms with van der Waals surface area (Å²) in [5.41, 5.74) is 2.89. The summed E-state index contributed by atoms with van der Waals surface area (Å²) in [6, 6.07) is 29.4. The molecule has 3 aromatic carbocycles. The second-order valence-electron chi connectivity index (χ2n) is 7.11. The van der Waals surface area contributed by atoms with Gasteiger partial charge in [-0.25, -0.2) is 0 Å². The van der Waals surface area contributed by atoms with E-state index in [1.165, 1.54) is 11.8 Å². The van der Waals surface area contributed by atoms with Crippen LogP contribution in [0.25, 0.3) is 0 Å². The molecule has 0 saturated heterocycles. The van der Waals surface area contributed by atoms with Crippen LogP contribution >= 0.6 is 11.8 Å². The minimum absolute atomic E-state index is 0.232. The van der Waals surface area contributed by atoms with Gasteiger partial charge in [-0.1, -0.05) is 91.0 Å². The second kappa shape index (κ2) is 10.1. The molecule has 0 bridgehead atoms. The lowest BCUT2D eigenvalue weighted by Crippen LogP contribution is -2.31. The maximum atomic E-state index is 11.6. The first-order valence-electron chi connectivity index (χ1n) is 9.72. The number of carboxylic acids is 1. The van der Waals surface area contributed by atoms with Crippen LogP contribution in [-0.4, -0.2) is 37.6 Å². The SMILES string of the molecule is CS(=O)(=O)OCC(CC(=O)O)SC(c1ccccc1)(c1ccccc1)c1ccccc1. The Morgan fingerprint density at radius 3 is 1.58 bits per heavy atom. The minimum Gasteiger partial charge on any atom is -0.481 e. The van der Waals surface area contributed by atoms with E-state index in [1.54, 1.807) is 0 Å². The topological polar surface area (TPSA) is 80.7 Å². The first-order chi connectivity index (χ1) is 14.8. The van der Waals surface area contributed by atoms with Crippen LogP contribution in [0.2, 0.25) is 0 Å². The number of hydrogen-bond acceptors (Lipinski definition) is 5. The zero-order valence-electron chi connectivity index (χ0n) is 17.0. The normalized spacial score (nSPS) is 12.9. The van der Waals surface area contributed by atoms with Crippen LogP contribution in [0.15, 0.2) is 91.0 Å². The molecule has 0 amide bonds. The number of thioether (sulfide) groups is 1. The van der Waals surface area contributed by atoms with Gasteiger partial charge in [-0.15, -0.1) is 11.8 Å². The van der Waals surface area contributed by atoms with Crippen molar-refractivity contribution in [3.05, 3.63) is 108 Å². The lowest BCUT2D eigenvalue weighted by atomic mass is 9.84. The van der Waals surface area contributed by atoms with Crippen molar-refractivity contribution >= 4 is 27.8 Å². The van der Waals surface area contributed by atoms with E-state index >= 15 is 0 Å². The fraction of sp³-hybridized carbons (Fsp3) is 0.208. The van der Waals surface area contributed by atoms with Crippen molar-refractivity contribution < 1.29 is 22.5 Å². The predicted molar refractivity (Wildman–Crippen MR) is 124 cm³/mol. The summed E-state index contributed by atoms with van der Waals surface area (Å²) >= 11 is 1.40. The largest absolute Gasteiger partial charge is 0.481 e. The van der Waals surface area contributed by atoms with Crippen molar-refractivity contribution in [1.29, 1.82) is 0 Å². The molecule has 7 heteroatoms. The molecule has 0 fully saturated rings. The minimum atomic E-state index is -3.71. The summed E-state index contributed by atoms with van der Waals surface area (Å²) in [6.45, 7) is -0.232. The van der Waals surface area contributed by atoms with Crippen molar-refractivity contribution in [3.63, 3.8) is 0 Å². The summed E-state index contributed by atoms with van der Waals surface area (Å²) < 4.78 is 27.5. The highest BCUT2D eigenvalue weighted by molar-refractivity contribution is 8.01. The first kappa shape index (κ1) is 23.1. The molecule has 0 aliphatic rings. The van der Waals surface area contributed by atoms with Crippen molar-refractivity contribution in [1.82, 2.24) is 0 Å². The van der Waals surface area contributed by atoms with Gasteiger partial charge in [0.25, 0.3) is 10.1 Å². The molecule has 0 heterocycles. The maximum Gasteiger partial charge on any atom is 0.304 e. The molecule has 0 radical (unpaired) electrons. The van der Waals surface area contributed by atoms with Crippen LogP contribution in [0.1, 0.15) is 23.1 Å². The number of rotatable bonds is 10. The second-order valence-corrected chi connectivity index (χ2v) is 10.3. The summed E-state index contributed by atoms with van der Waals surface area (Å²) in [5.74, 6) is -1.02. The Labute approximate surface area is 187 Å². The average molecular weight is 457 g/mol. The third kappa shape index (κ3) is 5.97. The molecule has 1 unspecified atom stereocenters. The highest BCUT2D eigenvalue weighted by Gasteiger charge is 2.40. The van der Waals surface area contributed by atoms with Gasteiger partial charge in [-0.3, -0.25) is 8.98 Å². The Hall–Kier alpha value is -2.61. The number of carboxylic acid groups (broad SMARTS) is 1. The van der Waals surface area contributed by atoms with Crippen LogP contribution in [0.5, 0.6) is 0 Å². The number of carbonyl (C=O) groups is 1. The molecule has 0 aromatic heterocycles. The van der Waals surface area contributed by atoms with Crippen molar-refractivity contribution in [2.75, 3.05) is 12.9 Å². The highest BCUT2D eigenvalue weighted by atomic mass is 32.2. The van der Waals surface area contributed by atoms with E-state index < -0.39 is 26.1 Å². The van der Waals surface area contributed by atoms with Gasteiger partial charge in [0, 0.05) is 5.25 Å². The zero-order valence-corrected chi connectivity index (χ0v) is 18.7. The fourth-order valence-corrected chi connectivity index (χ4v) is 5.68. The van der Waals surface area contributed by atoms with Crippen molar-refractivity contribution in [2.24, 2.45) is 0 Å². The van der Waals surface area contributed by atoms with E-state index in [1.807, 2.05) is 91.0 Å². The van der Waals surface area contributed by atoms with Gasteiger partial charge < -0.3 is 5.11 Å². The van der Waals surface area contributed by atoms with Gasteiger partial charge >= 0.3 is 5.97 Å². The highest BCUT2D eigenvalue weighted by Crippen LogP contribution is 2.50. The van der Waals surface area contributed by atoms with Crippen LogP contribution in [-0.2, 0) is 23.8 Å². The molecule has 1 N–H and O–H groups in total. The molecular weight excluding hydrogens is 432 g/mol. The Morgan fingerprint density at radius 1 is 0.871 bits per heavy atom. The number of hydrogen-bond donors (Lipinski definition) is 1. The molecule has 1 atom stereocenters. The van der Waals surface area contributed by atoms with Gasteiger partial charge in [-0.05, 0) is 16.7 Å². The van der Waals surface area contributed by atoms with Gasteiger partial charge in [0.15, 0.2) is 0 Å². The van der Waals surface area contributed by atoms with Crippen LogP contribution in [0, 0.1) is 0 Å².